The third-order valence-electron chi connectivity index (χ3n) is 4.43. The Morgan fingerprint density at radius 3 is 2.66 bits per heavy atom. The summed E-state index contributed by atoms with van der Waals surface area (Å²) in [5.74, 6) is -4.27. The van der Waals surface area contributed by atoms with Gasteiger partial charge in [-0.15, -0.1) is 0 Å². The molecule has 1 aromatic carbocycles. The highest BCUT2D eigenvalue weighted by molar-refractivity contribution is 6.00. The molecule has 2 aromatic rings. The fraction of sp³-hybridized carbons (Fsp3) is 0.300. The van der Waals surface area contributed by atoms with Crippen LogP contribution in [-0.4, -0.2) is 40.1 Å². The molecule has 0 radical (unpaired) electrons. The summed E-state index contributed by atoms with van der Waals surface area (Å²) in [6, 6.07) is 7.07. The van der Waals surface area contributed by atoms with Crippen molar-refractivity contribution in [2.24, 2.45) is 0 Å². The lowest BCUT2D eigenvalue weighted by atomic mass is 10.1. The number of hydrogen-bond acceptors (Lipinski definition) is 5. The molecule has 2 heterocycles. The van der Waals surface area contributed by atoms with Crippen LogP contribution in [-0.2, 0) is 4.79 Å². The van der Waals surface area contributed by atoms with E-state index in [-0.39, 0.29) is 24.2 Å². The number of likely N-dealkylation sites (tertiary alicyclic amines) is 1. The first kappa shape index (κ1) is 20.3. The molecule has 1 atom stereocenters. The fourth-order valence-corrected chi connectivity index (χ4v) is 3.01. The minimum Gasteiger partial charge on any atom is -0.455 e. The largest absolute Gasteiger partial charge is 0.455 e. The Morgan fingerprint density at radius 1 is 1.24 bits per heavy atom. The number of carbonyl (C=O) groups excluding carboxylic acids is 2. The highest BCUT2D eigenvalue weighted by atomic mass is 19.3. The second-order valence-corrected chi connectivity index (χ2v) is 6.58. The van der Waals surface area contributed by atoms with Crippen LogP contribution in [0.2, 0.25) is 0 Å². The van der Waals surface area contributed by atoms with Crippen molar-refractivity contribution < 1.29 is 27.5 Å². The number of nitriles is 1. The second-order valence-electron chi connectivity index (χ2n) is 6.58. The zero-order valence-corrected chi connectivity index (χ0v) is 15.1. The molecule has 0 spiro atoms. The summed E-state index contributed by atoms with van der Waals surface area (Å²) in [5, 5.41) is 8.98. The number of aromatic nitrogens is 1. The van der Waals surface area contributed by atoms with Gasteiger partial charge in [0.05, 0.1) is 24.4 Å². The zero-order valence-electron chi connectivity index (χ0n) is 15.1. The summed E-state index contributed by atoms with van der Waals surface area (Å²) in [5.41, 5.74) is 0.153. The summed E-state index contributed by atoms with van der Waals surface area (Å²) >= 11 is 0. The van der Waals surface area contributed by atoms with E-state index in [0.717, 1.165) is 4.90 Å². The zero-order chi connectivity index (χ0) is 21.0. The standard InChI is InChI=1S/C20H16F3N3O3/c21-13-1-3-15(4-2-13)29-18-11-25-8-7-16(18)17(27)5-6-19(28)26-12-20(22,23)9-14(26)10-24/h1-4,7-8,11,14H,5-6,9,12H2/t14-/m0/s1. The van der Waals surface area contributed by atoms with Crippen LogP contribution < -0.4 is 4.74 Å². The fourth-order valence-electron chi connectivity index (χ4n) is 3.01. The van der Waals surface area contributed by atoms with Crippen molar-refractivity contribution in [3.63, 3.8) is 0 Å². The van der Waals surface area contributed by atoms with Crippen LogP contribution in [0, 0.1) is 17.1 Å². The summed E-state index contributed by atoms with van der Waals surface area (Å²) in [6.07, 6.45) is 1.42. The lowest BCUT2D eigenvalue weighted by Crippen LogP contribution is -2.36. The van der Waals surface area contributed by atoms with Crippen molar-refractivity contribution in [1.82, 2.24) is 9.88 Å². The van der Waals surface area contributed by atoms with Crippen LogP contribution in [0.4, 0.5) is 13.2 Å². The number of ketones is 1. The first-order chi connectivity index (χ1) is 13.8. The van der Waals surface area contributed by atoms with Crippen LogP contribution >= 0.6 is 0 Å². The molecule has 9 heteroatoms. The number of hydrogen-bond donors (Lipinski definition) is 0. The topological polar surface area (TPSA) is 83.3 Å². The molecular formula is C20H16F3N3O3. The van der Waals surface area contributed by atoms with Crippen LogP contribution in [0.3, 0.4) is 0 Å². The first-order valence-corrected chi connectivity index (χ1v) is 8.76. The minimum atomic E-state index is -3.11. The molecular weight excluding hydrogens is 387 g/mol. The van der Waals surface area contributed by atoms with Gasteiger partial charge in [-0.25, -0.2) is 13.2 Å². The van der Waals surface area contributed by atoms with Gasteiger partial charge in [-0.2, -0.15) is 5.26 Å². The van der Waals surface area contributed by atoms with Gasteiger partial charge in [-0.1, -0.05) is 0 Å². The van der Waals surface area contributed by atoms with Gasteiger partial charge in [0.2, 0.25) is 5.91 Å². The predicted molar refractivity (Wildman–Crippen MR) is 95.0 cm³/mol. The van der Waals surface area contributed by atoms with Crippen molar-refractivity contribution in [3.8, 4) is 17.6 Å². The maximum atomic E-state index is 13.5. The molecule has 1 aliphatic heterocycles. The molecule has 3 rings (SSSR count). The molecule has 0 bridgehead atoms. The van der Waals surface area contributed by atoms with E-state index in [1.165, 1.54) is 42.7 Å². The smallest absolute Gasteiger partial charge is 0.268 e. The van der Waals surface area contributed by atoms with E-state index >= 15 is 0 Å². The van der Waals surface area contributed by atoms with Gasteiger partial charge >= 0.3 is 0 Å². The molecule has 1 aromatic heterocycles. The normalized spacial score (nSPS) is 17.6. The van der Waals surface area contributed by atoms with Gasteiger partial charge in [0, 0.05) is 25.5 Å². The van der Waals surface area contributed by atoms with Crippen LogP contribution in [0.1, 0.15) is 29.6 Å². The maximum absolute atomic E-state index is 13.5. The van der Waals surface area contributed by atoms with Gasteiger partial charge in [0.15, 0.2) is 11.5 Å². The number of rotatable bonds is 6. The van der Waals surface area contributed by atoms with Crippen molar-refractivity contribution in [2.45, 2.75) is 31.2 Å². The quantitative estimate of drug-likeness (QED) is 0.687. The molecule has 0 unspecified atom stereocenters. The Hall–Kier alpha value is -3.41. The number of nitrogens with zero attached hydrogens (tertiary/aromatic N) is 3. The molecule has 0 N–H and O–H groups in total. The average molecular weight is 403 g/mol. The van der Waals surface area contributed by atoms with Crippen LogP contribution in [0.15, 0.2) is 42.7 Å². The van der Waals surface area contributed by atoms with Crippen molar-refractivity contribution in [3.05, 3.63) is 54.1 Å². The van der Waals surface area contributed by atoms with Crippen molar-refractivity contribution in [1.29, 1.82) is 5.26 Å². The monoisotopic (exact) mass is 403 g/mol. The van der Waals surface area contributed by atoms with Gasteiger partial charge in [-0.05, 0) is 30.3 Å². The number of Topliss-reactive ketones (excluding diaryl/α,β-unsaturated/α-hetero) is 1. The van der Waals surface area contributed by atoms with Crippen LogP contribution in [0.5, 0.6) is 11.5 Å². The van der Waals surface area contributed by atoms with Crippen molar-refractivity contribution in [2.75, 3.05) is 6.54 Å². The SMILES string of the molecule is N#C[C@@H]1CC(F)(F)CN1C(=O)CCC(=O)c1ccncc1Oc1ccc(F)cc1. The average Bonchev–Trinajstić information content (AvgIpc) is 3.03. The first-order valence-electron chi connectivity index (χ1n) is 8.76. The lowest BCUT2D eigenvalue weighted by Gasteiger charge is -2.19. The Morgan fingerprint density at radius 2 is 1.97 bits per heavy atom. The molecule has 1 saturated heterocycles. The van der Waals surface area contributed by atoms with Gasteiger partial charge in [0.25, 0.3) is 5.92 Å². The number of carbonyl (C=O) groups is 2. The van der Waals surface area contributed by atoms with E-state index in [1.807, 2.05) is 0 Å². The number of pyridine rings is 1. The Bertz CT molecular complexity index is 957. The number of halogens is 3. The predicted octanol–water partition coefficient (Wildman–Crippen LogP) is 3.74. The minimum absolute atomic E-state index is 0.124. The summed E-state index contributed by atoms with van der Waals surface area (Å²) in [6.45, 7) is -0.827. The summed E-state index contributed by atoms with van der Waals surface area (Å²) in [7, 11) is 0. The van der Waals surface area contributed by atoms with E-state index in [2.05, 4.69) is 4.98 Å². The van der Waals surface area contributed by atoms with Gasteiger partial charge in [0.1, 0.15) is 17.6 Å². The molecule has 6 nitrogen and oxygen atoms in total. The molecule has 0 aliphatic carbocycles. The third kappa shape index (κ3) is 4.90. The molecule has 0 saturated carbocycles. The summed E-state index contributed by atoms with van der Waals surface area (Å²) in [4.78, 5) is 29.5. The highest BCUT2D eigenvalue weighted by Gasteiger charge is 2.47. The number of alkyl halides is 2. The van der Waals surface area contributed by atoms with E-state index in [0.29, 0.717) is 5.75 Å². The Labute approximate surface area is 164 Å². The van der Waals surface area contributed by atoms with E-state index in [9.17, 15) is 22.8 Å². The number of amides is 1. The van der Waals surface area contributed by atoms with E-state index in [4.69, 9.17) is 10.00 Å². The molecule has 1 amide bonds. The molecule has 1 aliphatic rings. The lowest BCUT2D eigenvalue weighted by molar-refractivity contribution is -0.132. The number of benzene rings is 1. The van der Waals surface area contributed by atoms with Crippen LogP contribution in [0.25, 0.3) is 0 Å². The van der Waals surface area contributed by atoms with E-state index in [1.54, 1.807) is 6.07 Å². The molecule has 29 heavy (non-hydrogen) atoms. The molecule has 1 fully saturated rings. The second kappa shape index (κ2) is 8.31. The Kier molecular flexibility index (Phi) is 5.82. The van der Waals surface area contributed by atoms with Gasteiger partial charge in [-0.3, -0.25) is 14.6 Å². The summed E-state index contributed by atoms with van der Waals surface area (Å²) < 4.78 is 45.5. The number of ether oxygens (including phenoxy) is 1. The molecule has 150 valence electrons. The third-order valence-corrected chi connectivity index (χ3v) is 4.43. The van der Waals surface area contributed by atoms with Gasteiger partial charge < -0.3 is 9.64 Å². The maximum Gasteiger partial charge on any atom is 0.268 e. The highest BCUT2D eigenvalue weighted by Crippen LogP contribution is 2.32. The van der Waals surface area contributed by atoms with E-state index < -0.39 is 42.4 Å². The van der Waals surface area contributed by atoms with Crippen molar-refractivity contribution >= 4 is 11.7 Å². The Balaban J connectivity index is 1.66.